The lowest BCUT2D eigenvalue weighted by atomic mass is 10.0. The van der Waals surface area contributed by atoms with Crippen molar-refractivity contribution in [3.05, 3.63) is 24.3 Å². The molecule has 0 fully saturated rings. The van der Waals surface area contributed by atoms with E-state index >= 15 is 0 Å². The number of rotatable bonds is 79. The minimum absolute atomic E-state index is 0.0165. The number of esters is 1. The van der Waals surface area contributed by atoms with Gasteiger partial charge in [0.25, 0.3) is 0 Å². The molecule has 2 atom stereocenters. The molecule has 0 saturated heterocycles. The Morgan fingerprint density at radius 2 is 0.522 bits per heavy atom. The lowest BCUT2D eigenvalue weighted by Crippen LogP contribution is -2.45. The van der Waals surface area contributed by atoms with Crippen molar-refractivity contribution in [1.82, 2.24) is 5.32 Å². The fourth-order valence-electron chi connectivity index (χ4n) is 13.4. The van der Waals surface area contributed by atoms with Gasteiger partial charge in [-0.25, -0.2) is 0 Å². The molecule has 0 radical (unpaired) electrons. The average Bonchev–Trinajstić information content (AvgIpc) is 3.60. The predicted octanol–water partition coefficient (Wildman–Crippen LogP) is 27.6. The predicted molar refractivity (Wildman–Crippen MR) is 398 cm³/mol. The largest absolute Gasteiger partial charge is 0.466 e. The highest BCUT2D eigenvalue weighted by atomic mass is 16.5. The molecule has 6 heteroatoms. The van der Waals surface area contributed by atoms with Crippen molar-refractivity contribution in [2.45, 2.75) is 488 Å². The van der Waals surface area contributed by atoms with Gasteiger partial charge in [-0.2, -0.15) is 0 Å². The summed E-state index contributed by atoms with van der Waals surface area (Å²) in [6.07, 6.45) is 103. The molecule has 2 unspecified atom stereocenters. The molecule has 0 aliphatic rings. The van der Waals surface area contributed by atoms with Crippen LogP contribution in [0.15, 0.2) is 24.3 Å². The van der Waals surface area contributed by atoms with Gasteiger partial charge in [-0.3, -0.25) is 9.59 Å². The van der Waals surface area contributed by atoms with Crippen molar-refractivity contribution < 1.29 is 24.5 Å². The third-order valence-corrected chi connectivity index (χ3v) is 19.7. The molecule has 0 aliphatic heterocycles. The Morgan fingerprint density at radius 1 is 0.300 bits per heavy atom. The number of hydrogen-bond donors (Lipinski definition) is 3. The summed E-state index contributed by atoms with van der Waals surface area (Å²) in [6, 6.07) is -0.541. The summed E-state index contributed by atoms with van der Waals surface area (Å²) in [6.45, 7) is 5.01. The van der Waals surface area contributed by atoms with Crippen LogP contribution >= 0.6 is 0 Å². The van der Waals surface area contributed by atoms with Gasteiger partial charge < -0.3 is 20.3 Å². The fraction of sp³-hybridized carbons (Fsp3) is 0.929. The molecule has 3 N–H and O–H groups in total. The van der Waals surface area contributed by atoms with Crippen LogP contribution in [-0.4, -0.2) is 47.4 Å². The quantitative estimate of drug-likeness (QED) is 0.0320. The molecule has 0 heterocycles. The SMILES string of the molecule is CCCCCCCCC/C=C\CCCCCCCCCC(=O)OCCCCCCCCCCCCCC/C=C\CCCCCCCCCCCCCCCCCCC(=O)NC(CO)C(O)CCCCCCCCCCCCCCCCCCCCCCCCC. The van der Waals surface area contributed by atoms with Crippen LogP contribution in [0.1, 0.15) is 476 Å². The van der Waals surface area contributed by atoms with Crippen LogP contribution in [0.2, 0.25) is 0 Å². The Labute approximate surface area is 564 Å². The molecule has 6 nitrogen and oxygen atoms in total. The Hall–Kier alpha value is -1.66. The smallest absolute Gasteiger partial charge is 0.305 e. The van der Waals surface area contributed by atoms with Gasteiger partial charge in [0.05, 0.1) is 25.4 Å². The van der Waals surface area contributed by atoms with Gasteiger partial charge in [-0.05, 0) is 77.0 Å². The van der Waals surface area contributed by atoms with Crippen LogP contribution in [0.3, 0.4) is 0 Å². The molecule has 0 spiro atoms. The first-order valence-corrected chi connectivity index (χ1v) is 41.6. The van der Waals surface area contributed by atoms with Crippen LogP contribution < -0.4 is 5.32 Å². The Kier molecular flexibility index (Phi) is 78.3. The Morgan fingerprint density at radius 3 is 0.789 bits per heavy atom. The first kappa shape index (κ1) is 88.3. The van der Waals surface area contributed by atoms with Crippen molar-refractivity contribution in [2.75, 3.05) is 13.2 Å². The molecule has 534 valence electrons. The number of aliphatic hydroxyl groups excluding tert-OH is 2. The zero-order chi connectivity index (χ0) is 64.9. The van der Waals surface area contributed by atoms with E-state index in [4.69, 9.17) is 4.74 Å². The standard InChI is InChI=1S/C84H163NO5/c1-3-5-7-9-11-13-15-17-19-21-23-24-35-38-41-44-48-52-56-60-64-68-72-76-82(87)81(80-86)85-83(88)77-73-69-65-61-57-53-49-45-42-39-36-33-31-29-27-25-26-28-30-32-34-37-40-43-47-51-55-59-63-67-71-75-79-90-84(89)78-74-70-66-62-58-54-50-46-22-20-18-16-14-12-10-8-6-4-2/h20,22,28,30,81-82,86-87H,3-19,21,23-27,29,31-80H2,1-2H3,(H,85,88)/b22-20-,30-28-. The second-order valence-corrected chi connectivity index (χ2v) is 28.8. The van der Waals surface area contributed by atoms with Gasteiger partial charge in [0.1, 0.15) is 0 Å². The van der Waals surface area contributed by atoms with Crippen molar-refractivity contribution >= 4 is 11.9 Å². The van der Waals surface area contributed by atoms with Gasteiger partial charge >= 0.3 is 5.97 Å². The highest BCUT2D eigenvalue weighted by Crippen LogP contribution is 2.20. The molecule has 0 bridgehead atoms. The maximum absolute atomic E-state index is 12.6. The molecule has 1 amide bonds. The van der Waals surface area contributed by atoms with E-state index < -0.39 is 12.1 Å². The summed E-state index contributed by atoms with van der Waals surface area (Å²) in [4.78, 5) is 24.7. The number of hydrogen-bond acceptors (Lipinski definition) is 5. The van der Waals surface area contributed by atoms with Gasteiger partial charge in [-0.1, -0.05) is 411 Å². The number of amides is 1. The fourth-order valence-corrected chi connectivity index (χ4v) is 13.4. The molecule has 0 rings (SSSR count). The maximum atomic E-state index is 12.6. The molecule has 0 aliphatic carbocycles. The molecule has 90 heavy (non-hydrogen) atoms. The zero-order valence-electron chi connectivity index (χ0n) is 61.4. The minimum atomic E-state index is -0.664. The van der Waals surface area contributed by atoms with Gasteiger partial charge in [0.2, 0.25) is 5.91 Å². The topological polar surface area (TPSA) is 95.9 Å². The summed E-state index contributed by atoms with van der Waals surface area (Å²) in [5.41, 5.74) is 0. The van der Waals surface area contributed by atoms with Crippen LogP contribution in [0, 0.1) is 0 Å². The van der Waals surface area contributed by atoms with E-state index in [-0.39, 0.29) is 18.5 Å². The van der Waals surface area contributed by atoms with Gasteiger partial charge in [-0.15, -0.1) is 0 Å². The third kappa shape index (κ3) is 75.4. The van der Waals surface area contributed by atoms with E-state index in [0.29, 0.717) is 25.9 Å². The third-order valence-electron chi connectivity index (χ3n) is 19.7. The Bertz CT molecular complexity index is 1410. The number of allylic oxidation sites excluding steroid dienone is 4. The maximum Gasteiger partial charge on any atom is 0.305 e. The Balaban J connectivity index is 3.35. The number of unbranched alkanes of at least 4 members (excludes halogenated alkanes) is 64. The summed E-state index contributed by atoms with van der Waals surface area (Å²) in [5.74, 6) is -0.00994. The normalized spacial score (nSPS) is 12.5. The van der Waals surface area contributed by atoms with E-state index in [1.165, 1.54) is 398 Å². The number of aliphatic hydroxyl groups is 2. The van der Waals surface area contributed by atoms with Crippen molar-refractivity contribution in [2.24, 2.45) is 0 Å². The van der Waals surface area contributed by atoms with E-state index in [1.807, 2.05) is 0 Å². The lowest BCUT2D eigenvalue weighted by molar-refractivity contribution is -0.143. The van der Waals surface area contributed by atoms with E-state index in [9.17, 15) is 19.8 Å². The summed E-state index contributed by atoms with van der Waals surface area (Å²) >= 11 is 0. The number of ether oxygens (including phenoxy) is 1. The number of carbonyl (C=O) groups is 2. The second-order valence-electron chi connectivity index (χ2n) is 28.8. The molecular weight excluding hydrogens is 1100 g/mol. The summed E-state index contributed by atoms with van der Waals surface area (Å²) < 4.78 is 5.51. The van der Waals surface area contributed by atoms with Gasteiger partial charge in [0.15, 0.2) is 0 Å². The minimum Gasteiger partial charge on any atom is -0.466 e. The van der Waals surface area contributed by atoms with Crippen LogP contribution in [-0.2, 0) is 14.3 Å². The van der Waals surface area contributed by atoms with Crippen molar-refractivity contribution in [3.63, 3.8) is 0 Å². The summed E-state index contributed by atoms with van der Waals surface area (Å²) in [7, 11) is 0. The van der Waals surface area contributed by atoms with Crippen LogP contribution in [0.4, 0.5) is 0 Å². The molecule has 0 saturated carbocycles. The second kappa shape index (κ2) is 79.8. The number of carbonyl (C=O) groups excluding carboxylic acids is 2. The van der Waals surface area contributed by atoms with E-state index in [1.54, 1.807) is 0 Å². The molecular formula is C84H163NO5. The van der Waals surface area contributed by atoms with Crippen LogP contribution in [0.5, 0.6) is 0 Å². The molecule has 0 aromatic rings. The monoisotopic (exact) mass is 1270 g/mol. The molecule has 0 aromatic carbocycles. The first-order valence-electron chi connectivity index (χ1n) is 41.6. The average molecular weight is 1270 g/mol. The lowest BCUT2D eigenvalue weighted by Gasteiger charge is -2.22. The van der Waals surface area contributed by atoms with Gasteiger partial charge in [0, 0.05) is 12.8 Å². The molecule has 0 aromatic heterocycles. The van der Waals surface area contributed by atoms with Crippen molar-refractivity contribution in [1.29, 1.82) is 0 Å². The highest BCUT2D eigenvalue weighted by molar-refractivity contribution is 5.76. The first-order chi connectivity index (χ1) is 44.5. The number of nitrogens with one attached hydrogen (secondary N) is 1. The zero-order valence-corrected chi connectivity index (χ0v) is 61.4. The summed E-state index contributed by atoms with van der Waals surface area (Å²) in [5, 5.41) is 23.5. The van der Waals surface area contributed by atoms with E-state index in [0.717, 1.165) is 44.9 Å². The van der Waals surface area contributed by atoms with E-state index in [2.05, 4.69) is 43.5 Å². The highest BCUT2D eigenvalue weighted by Gasteiger charge is 2.20. The van der Waals surface area contributed by atoms with Crippen molar-refractivity contribution in [3.8, 4) is 0 Å². The van der Waals surface area contributed by atoms with Crippen LogP contribution in [0.25, 0.3) is 0 Å².